The van der Waals surface area contributed by atoms with Crippen molar-refractivity contribution in [3.8, 4) is 27.9 Å². The van der Waals surface area contributed by atoms with E-state index in [1.807, 2.05) is 0 Å². The number of rotatable bonds is 6. The minimum absolute atomic E-state index is 0.0456. The predicted molar refractivity (Wildman–Crippen MR) is 272 cm³/mol. The number of nitrogens with zero attached hydrogens (tertiary/aromatic N) is 4. The Bertz CT molecular complexity index is 3030. The number of hydrogen-bond donors (Lipinski definition) is 0. The molecule has 0 N–H and O–H groups in total. The second-order valence-corrected chi connectivity index (χ2v) is 22.0. The van der Waals surface area contributed by atoms with Crippen LogP contribution in [0.2, 0.25) is 0 Å². The highest BCUT2D eigenvalue weighted by Crippen LogP contribution is 2.43. The second kappa shape index (κ2) is 15.3. The maximum atomic E-state index is 4.99. The minimum atomic E-state index is 0.0456. The van der Waals surface area contributed by atoms with Gasteiger partial charge in [0.15, 0.2) is 0 Å². The molecule has 0 fully saturated rings. The van der Waals surface area contributed by atoms with Crippen LogP contribution in [0, 0.1) is 0 Å². The smallest absolute Gasteiger partial charge is 0.129 e. The Morgan fingerprint density at radius 3 is 1.27 bits per heavy atom. The van der Waals surface area contributed by atoms with E-state index in [9.17, 15) is 0 Å². The fraction of sp³-hybridized carbons (Fsp3) is 0.276. The van der Waals surface area contributed by atoms with Crippen LogP contribution in [0.5, 0.6) is 0 Å². The van der Waals surface area contributed by atoms with E-state index in [0.717, 1.165) is 44.9 Å². The summed E-state index contributed by atoms with van der Waals surface area (Å²) in [5.41, 5.74) is 18.6. The second-order valence-electron chi connectivity index (χ2n) is 21.4. The Balaban J connectivity index is 1.11. The van der Waals surface area contributed by atoms with Crippen molar-refractivity contribution in [3.63, 3.8) is 0 Å². The van der Waals surface area contributed by atoms with Crippen LogP contribution >= 0.6 is 11.7 Å². The fourth-order valence-corrected chi connectivity index (χ4v) is 9.36. The molecule has 63 heavy (non-hydrogen) atoms. The summed E-state index contributed by atoms with van der Waals surface area (Å²) in [5.74, 6) is 0. The molecule has 0 aliphatic heterocycles. The molecule has 0 saturated carbocycles. The predicted octanol–water partition coefficient (Wildman–Crippen LogP) is 16.8. The van der Waals surface area contributed by atoms with Gasteiger partial charge in [-0.1, -0.05) is 156 Å². The Kier molecular flexibility index (Phi) is 10.3. The highest BCUT2D eigenvalue weighted by atomic mass is 32.1. The van der Waals surface area contributed by atoms with Crippen molar-refractivity contribution < 1.29 is 0 Å². The van der Waals surface area contributed by atoms with Crippen molar-refractivity contribution in [3.05, 3.63) is 168 Å². The molecule has 9 rings (SSSR count). The van der Waals surface area contributed by atoms with Crippen molar-refractivity contribution in [1.29, 1.82) is 0 Å². The SMILES string of the molecule is CC(C)(C)c1ccc(-c2ccc(N(c3ccc(C(C)(C)C)cc3)c3ccc(-c4ccc(-n5c6ccc(C(C)(C)C)cc6c6cc(C(C)(C)C)ccc65)cc4)c4nsnc34)cc2)cc1. The van der Waals surface area contributed by atoms with Crippen LogP contribution in [0.25, 0.3) is 60.8 Å². The molecule has 4 nitrogen and oxygen atoms in total. The number of aromatic nitrogens is 3. The molecule has 7 aromatic carbocycles. The van der Waals surface area contributed by atoms with E-state index in [0.29, 0.717) is 0 Å². The van der Waals surface area contributed by atoms with Gasteiger partial charge >= 0.3 is 0 Å². The van der Waals surface area contributed by atoms with Crippen molar-refractivity contribution in [1.82, 2.24) is 13.3 Å². The van der Waals surface area contributed by atoms with Gasteiger partial charge in [-0.2, -0.15) is 8.75 Å². The number of hydrogen-bond acceptors (Lipinski definition) is 4. The lowest BCUT2D eigenvalue weighted by atomic mass is 9.85. The molecule has 318 valence electrons. The van der Waals surface area contributed by atoms with Gasteiger partial charge in [0.25, 0.3) is 0 Å². The average molecular weight is 845 g/mol. The molecule has 2 aromatic heterocycles. The third-order valence-electron chi connectivity index (χ3n) is 12.8. The normalized spacial score (nSPS) is 12.8. The van der Waals surface area contributed by atoms with Crippen molar-refractivity contribution in [2.24, 2.45) is 0 Å². The molecule has 0 unspecified atom stereocenters. The van der Waals surface area contributed by atoms with Crippen LogP contribution in [0.3, 0.4) is 0 Å². The zero-order valence-corrected chi connectivity index (χ0v) is 39.9. The largest absolute Gasteiger partial charge is 0.309 e. The summed E-state index contributed by atoms with van der Waals surface area (Å²) in [4.78, 5) is 2.33. The summed E-state index contributed by atoms with van der Waals surface area (Å²) in [6.45, 7) is 27.3. The monoisotopic (exact) mass is 844 g/mol. The van der Waals surface area contributed by atoms with Gasteiger partial charge in [0.05, 0.1) is 28.4 Å². The maximum absolute atomic E-state index is 4.99. The summed E-state index contributed by atoms with van der Waals surface area (Å²) in [6, 6.07) is 54.3. The van der Waals surface area contributed by atoms with E-state index in [1.54, 1.807) is 0 Å². The summed E-state index contributed by atoms with van der Waals surface area (Å²) < 4.78 is 12.4. The van der Waals surface area contributed by atoms with Crippen LogP contribution in [0.15, 0.2) is 146 Å². The highest BCUT2D eigenvalue weighted by molar-refractivity contribution is 7.00. The lowest BCUT2D eigenvalue weighted by molar-refractivity contribution is 0.590. The van der Waals surface area contributed by atoms with E-state index in [-0.39, 0.29) is 21.7 Å². The minimum Gasteiger partial charge on any atom is -0.309 e. The summed E-state index contributed by atoms with van der Waals surface area (Å²) in [5, 5.41) is 2.58. The Morgan fingerprint density at radius 1 is 0.397 bits per heavy atom. The number of anilines is 3. The first kappa shape index (κ1) is 42.3. The van der Waals surface area contributed by atoms with Gasteiger partial charge < -0.3 is 9.47 Å². The standard InChI is InChI=1S/C58H60N4S/c1-55(2,3)40-19-13-37(14-20-40)38-15-25-44(26-16-38)61(45-29-21-41(22-30-45)56(4,5)6)52-34-31-47(53-54(52)60-63-59-53)39-17-27-46(28-18-39)62-50-32-23-42(57(7,8)9)35-48(50)49-36-43(58(10,11)12)24-33-51(49)62/h13-36H,1-12H3. The van der Waals surface area contributed by atoms with Gasteiger partial charge in [0.2, 0.25) is 0 Å². The molecule has 0 saturated heterocycles. The van der Waals surface area contributed by atoms with E-state index in [1.165, 1.54) is 66.9 Å². The first-order valence-corrected chi connectivity index (χ1v) is 23.1. The zero-order valence-electron chi connectivity index (χ0n) is 39.1. The number of benzene rings is 7. The van der Waals surface area contributed by atoms with E-state index >= 15 is 0 Å². The van der Waals surface area contributed by atoms with E-state index < -0.39 is 0 Å². The molecule has 0 radical (unpaired) electrons. The van der Waals surface area contributed by atoms with Crippen LogP contribution < -0.4 is 4.90 Å². The average Bonchev–Trinajstić information content (AvgIpc) is 3.87. The van der Waals surface area contributed by atoms with E-state index in [4.69, 9.17) is 8.75 Å². The molecule has 5 heteroatoms. The third-order valence-corrected chi connectivity index (χ3v) is 13.3. The lowest BCUT2D eigenvalue weighted by Crippen LogP contribution is -2.13. The zero-order chi connectivity index (χ0) is 44.6. The van der Waals surface area contributed by atoms with Gasteiger partial charge in [-0.05, 0) is 133 Å². The van der Waals surface area contributed by atoms with Gasteiger partial charge in [0, 0.05) is 33.4 Å². The van der Waals surface area contributed by atoms with E-state index in [2.05, 4.69) is 238 Å². The molecule has 0 aliphatic carbocycles. The van der Waals surface area contributed by atoms with Crippen molar-refractivity contribution in [2.45, 2.75) is 105 Å². The van der Waals surface area contributed by atoms with Crippen molar-refractivity contribution >= 4 is 61.6 Å². The first-order valence-electron chi connectivity index (χ1n) is 22.3. The summed E-state index contributed by atoms with van der Waals surface area (Å²) >= 11 is 1.27. The number of fused-ring (bicyclic) bond motifs is 4. The maximum Gasteiger partial charge on any atom is 0.129 e. The lowest BCUT2D eigenvalue weighted by Gasteiger charge is -2.27. The van der Waals surface area contributed by atoms with Crippen LogP contribution in [-0.2, 0) is 21.7 Å². The van der Waals surface area contributed by atoms with Gasteiger partial charge in [-0.15, -0.1) is 0 Å². The topological polar surface area (TPSA) is 34.0 Å². The van der Waals surface area contributed by atoms with Crippen LogP contribution in [0.1, 0.15) is 105 Å². The van der Waals surface area contributed by atoms with Gasteiger partial charge in [-0.3, -0.25) is 0 Å². The Labute approximate surface area is 378 Å². The summed E-state index contributed by atoms with van der Waals surface area (Å²) in [6.07, 6.45) is 0. The molecule has 0 spiro atoms. The van der Waals surface area contributed by atoms with Gasteiger partial charge in [0.1, 0.15) is 11.0 Å². The quantitative estimate of drug-likeness (QED) is 0.167. The first-order chi connectivity index (χ1) is 29.8. The summed E-state index contributed by atoms with van der Waals surface area (Å²) in [7, 11) is 0. The molecule has 0 amide bonds. The van der Waals surface area contributed by atoms with Crippen LogP contribution in [-0.4, -0.2) is 13.3 Å². The molecule has 0 bridgehead atoms. The Hall–Kier alpha value is -6.04. The molecular weight excluding hydrogens is 785 g/mol. The van der Waals surface area contributed by atoms with Crippen LogP contribution in [0.4, 0.5) is 17.1 Å². The molecule has 2 heterocycles. The highest BCUT2D eigenvalue weighted by Gasteiger charge is 2.24. The third kappa shape index (κ3) is 7.97. The molecule has 0 aliphatic rings. The van der Waals surface area contributed by atoms with Crippen molar-refractivity contribution in [2.75, 3.05) is 4.90 Å². The Morgan fingerprint density at radius 2 is 0.794 bits per heavy atom. The fourth-order valence-electron chi connectivity index (χ4n) is 8.79. The molecule has 0 atom stereocenters. The molecule has 9 aromatic rings. The van der Waals surface area contributed by atoms with Gasteiger partial charge in [-0.25, -0.2) is 0 Å². The molecular formula is C58H60N4S.